The molecule has 5 nitrogen and oxygen atoms in total. The molecule has 1 N–H and O–H groups in total. The average Bonchev–Trinajstić information content (AvgIpc) is 2.99. The maximum absolute atomic E-state index is 12.8. The van der Waals surface area contributed by atoms with Gasteiger partial charge in [-0.2, -0.15) is 0 Å². The van der Waals surface area contributed by atoms with Crippen molar-refractivity contribution >= 4 is 5.78 Å². The van der Waals surface area contributed by atoms with Gasteiger partial charge in [0.1, 0.15) is 0 Å². The van der Waals surface area contributed by atoms with E-state index in [-0.39, 0.29) is 11.8 Å². The molecular formula is C21H25NO4. The number of carbonyl (C=O) groups is 1. The summed E-state index contributed by atoms with van der Waals surface area (Å²) >= 11 is 0. The van der Waals surface area contributed by atoms with Gasteiger partial charge in [-0.15, -0.1) is 0 Å². The number of allylic oxidation sites excluding steroid dienone is 1. The van der Waals surface area contributed by atoms with Crippen molar-refractivity contribution in [1.29, 1.82) is 0 Å². The van der Waals surface area contributed by atoms with Crippen LogP contribution in [0.2, 0.25) is 0 Å². The molecule has 2 aliphatic heterocycles. The molecule has 4 aliphatic rings. The fourth-order valence-corrected chi connectivity index (χ4v) is 6.02. The fraction of sp³-hybridized carbons (Fsp3) is 0.571. The monoisotopic (exact) mass is 355 g/mol. The minimum atomic E-state index is -0.935. The van der Waals surface area contributed by atoms with Gasteiger partial charge in [0, 0.05) is 31.1 Å². The number of benzene rings is 1. The number of aliphatic hydroxyl groups is 1. The van der Waals surface area contributed by atoms with Crippen LogP contribution in [0.3, 0.4) is 0 Å². The number of nitrogens with zero attached hydrogens (tertiary/aromatic N) is 1. The highest BCUT2D eigenvalue weighted by molar-refractivity contribution is 5.90. The molecular weight excluding hydrogens is 330 g/mol. The Bertz CT molecular complexity index is 818. The molecule has 2 bridgehead atoms. The van der Waals surface area contributed by atoms with E-state index in [0.717, 1.165) is 31.5 Å². The number of ketones is 1. The first-order chi connectivity index (χ1) is 12.6. The topological polar surface area (TPSA) is 59.0 Å². The van der Waals surface area contributed by atoms with Crippen LogP contribution in [0.1, 0.15) is 37.3 Å². The maximum Gasteiger partial charge on any atom is 0.174 e. The van der Waals surface area contributed by atoms with Crippen molar-refractivity contribution < 1.29 is 19.4 Å². The van der Waals surface area contributed by atoms with E-state index in [0.29, 0.717) is 24.3 Å². The minimum absolute atomic E-state index is 0.0125. The lowest BCUT2D eigenvalue weighted by atomic mass is 9.49. The predicted octanol–water partition coefficient (Wildman–Crippen LogP) is 1.99. The van der Waals surface area contributed by atoms with Crippen LogP contribution < -0.4 is 9.47 Å². The number of carbonyl (C=O) groups excluding carboxylic acids is 1. The Morgan fingerprint density at radius 2 is 2.27 bits per heavy atom. The van der Waals surface area contributed by atoms with Gasteiger partial charge in [0.25, 0.3) is 0 Å². The molecule has 1 unspecified atom stereocenters. The van der Waals surface area contributed by atoms with Crippen LogP contribution in [0.15, 0.2) is 24.3 Å². The van der Waals surface area contributed by atoms with E-state index >= 15 is 0 Å². The van der Waals surface area contributed by atoms with Crippen LogP contribution in [0.5, 0.6) is 11.5 Å². The highest BCUT2D eigenvalue weighted by Crippen LogP contribution is 2.64. The van der Waals surface area contributed by atoms with Gasteiger partial charge in [-0.25, -0.2) is 0 Å². The molecule has 1 saturated carbocycles. The molecule has 1 saturated heterocycles. The van der Waals surface area contributed by atoms with E-state index in [4.69, 9.17) is 9.47 Å². The maximum atomic E-state index is 12.8. The molecule has 4 atom stereocenters. The average molecular weight is 355 g/mol. The summed E-state index contributed by atoms with van der Waals surface area (Å²) in [6, 6.07) is 4.04. The molecule has 0 aromatic heterocycles. The molecule has 5 heteroatoms. The number of hydrogen-bond donors (Lipinski definition) is 1. The van der Waals surface area contributed by atoms with Crippen LogP contribution in [-0.4, -0.2) is 53.7 Å². The predicted molar refractivity (Wildman–Crippen MR) is 96.8 cm³/mol. The Balaban J connectivity index is 1.74. The normalized spacial score (nSPS) is 37.6. The number of piperidine rings is 1. The van der Waals surface area contributed by atoms with Gasteiger partial charge >= 0.3 is 0 Å². The van der Waals surface area contributed by atoms with E-state index in [1.165, 1.54) is 5.56 Å². The first kappa shape index (κ1) is 16.3. The highest BCUT2D eigenvalue weighted by atomic mass is 16.5. The molecule has 1 aromatic carbocycles. The molecule has 1 spiro atoms. The first-order valence-electron chi connectivity index (χ1n) is 9.54. The number of ether oxygens (including phenoxy) is 2. The second-order valence-electron chi connectivity index (χ2n) is 8.02. The quantitative estimate of drug-likeness (QED) is 0.841. The van der Waals surface area contributed by atoms with Crippen molar-refractivity contribution in [2.45, 2.75) is 55.8 Å². The van der Waals surface area contributed by atoms with Crippen LogP contribution in [0.4, 0.5) is 0 Å². The highest BCUT2D eigenvalue weighted by Gasteiger charge is 2.73. The molecule has 0 radical (unpaired) electrons. The van der Waals surface area contributed by atoms with Crippen molar-refractivity contribution in [2.75, 3.05) is 20.2 Å². The number of rotatable bonds is 3. The van der Waals surface area contributed by atoms with Gasteiger partial charge in [-0.3, -0.25) is 9.69 Å². The van der Waals surface area contributed by atoms with E-state index in [1.54, 1.807) is 7.11 Å². The molecule has 1 aromatic rings. The summed E-state index contributed by atoms with van der Waals surface area (Å²) in [4.78, 5) is 15.2. The molecule has 2 aliphatic carbocycles. The first-order valence-corrected chi connectivity index (χ1v) is 9.54. The Morgan fingerprint density at radius 3 is 3.04 bits per heavy atom. The summed E-state index contributed by atoms with van der Waals surface area (Å²) < 4.78 is 11.7. The van der Waals surface area contributed by atoms with Crippen LogP contribution in [0.25, 0.3) is 0 Å². The Labute approximate surface area is 153 Å². The van der Waals surface area contributed by atoms with E-state index in [2.05, 4.69) is 23.1 Å². The molecule has 2 heterocycles. The van der Waals surface area contributed by atoms with Gasteiger partial charge in [0.2, 0.25) is 0 Å². The lowest BCUT2D eigenvalue weighted by molar-refractivity contribution is -0.187. The van der Waals surface area contributed by atoms with Crippen molar-refractivity contribution in [3.8, 4) is 11.5 Å². The molecule has 0 amide bonds. The van der Waals surface area contributed by atoms with Gasteiger partial charge in [-0.1, -0.05) is 18.2 Å². The lowest BCUT2D eigenvalue weighted by Crippen LogP contribution is -2.76. The molecule has 2 fully saturated rings. The summed E-state index contributed by atoms with van der Waals surface area (Å²) in [5.74, 6) is 1.46. The smallest absolute Gasteiger partial charge is 0.174 e. The molecule has 138 valence electrons. The van der Waals surface area contributed by atoms with Crippen LogP contribution >= 0.6 is 0 Å². The number of methoxy groups -OCH3 is 1. The van der Waals surface area contributed by atoms with Gasteiger partial charge in [-0.05, 0) is 37.8 Å². The van der Waals surface area contributed by atoms with Gasteiger partial charge in [0.15, 0.2) is 23.4 Å². The lowest BCUT2D eigenvalue weighted by Gasteiger charge is -2.62. The van der Waals surface area contributed by atoms with E-state index in [1.807, 2.05) is 13.0 Å². The Hall–Kier alpha value is -1.85. The summed E-state index contributed by atoms with van der Waals surface area (Å²) in [7, 11) is 1.63. The van der Waals surface area contributed by atoms with Crippen molar-refractivity contribution in [3.63, 3.8) is 0 Å². The zero-order valence-electron chi connectivity index (χ0n) is 15.3. The fourth-order valence-electron chi connectivity index (χ4n) is 6.02. The standard InChI is InChI=1S/C21H25NO4/c1-3-4-10-22-11-9-20-17-13-5-6-15(25-2)18(17)26-19(20)14(23)7-8-21(20,24)16(22)12-13/h3-6,16,19,24H,7-12H2,1-2H3/b4-3+/t16-,19+,20?,21-/m1/s1. The second-order valence-corrected chi connectivity index (χ2v) is 8.02. The second kappa shape index (κ2) is 5.33. The van der Waals surface area contributed by atoms with Gasteiger partial charge < -0.3 is 14.6 Å². The Kier molecular flexibility index (Phi) is 3.35. The van der Waals surface area contributed by atoms with E-state index in [9.17, 15) is 9.90 Å². The largest absolute Gasteiger partial charge is 0.493 e. The zero-order valence-corrected chi connectivity index (χ0v) is 15.3. The van der Waals surface area contributed by atoms with Crippen LogP contribution in [-0.2, 0) is 16.6 Å². The SMILES string of the molecule is C/C=C/CN1CCC23c4c5ccc(OC)c4O[C@H]2C(=O)CC[C@@]3(O)[C@H]1C5. The third-order valence-electron chi connectivity index (χ3n) is 7.15. The van der Waals surface area contributed by atoms with Crippen molar-refractivity contribution in [3.05, 3.63) is 35.4 Å². The minimum Gasteiger partial charge on any atom is -0.493 e. The zero-order chi connectivity index (χ0) is 18.1. The number of hydrogen-bond acceptors (Lipinski definition) is 5. The van der Waals surface area contributed by atoms with E-state index < -0.39 is 17.1 Å². The summed E-state index contributed by atoms with van der Waals surface area (Å²) in [5.41, 5.74) is 0.671. The van der Waals surface area contributed by atoms with Gasteiger partial charge in [0.05, 0.1) is 18.1 Å². The third-order valence-corrected chi connectivity index (χ3v) is 7.15. The third kappa shape index (κ3) is 1.71. The Morgan fingerprint density at radius 1 is 1.42 bits per heavy atom. The van der Waals surface area contributed by atoms with Crippen molar-refractivity contribution in [2.24, 2.45) is 0 Å². The molecule has 26 heavy (non-hydrogen) atoms. The summed E-state index contributed by atoms with van der Waals surface area (Å²) in [6.07, 6.45) is 6.03. The number of likely N-dealkylation sites (tertiary alicyclic amines) is 1. The molecule has 5 rings (SSSR count). The summed E-state index contributed by atoms with van der Waals surface area (Å²) in [6.45, 7) is 3.72. The van der Waals surface area contributed by atoms with Crippen molar-refractivity contribution in [1.82, 2.24) is 4.90 Å². The number of Topliss-reactive ketones (excluding diaryl/α,β-unsaturated/α-hetero) is 1. The summed E-state index contributed by atoms with van der Waals surface area (Å²) in [5, 5.41) is 12.0. The van der Waals surface area contributed by atoms with Crippen LogP contribution in [0, 0.1) is 0 Å².